The van der Waals surface area contributed by atoms with Gasteiger partial charge in [0.1, 0.15) is 12.1 Å². The molecule has 1 atom stereocenters. The van der Waals surface area contributed by atoms with E-state index in [1.165, 1.54) is 4.90 Å². The first-order chi connectivity index (χ1) is 9.57. The molecular weight excluding hydrogens is 278 g/mol. The highest BCUT2D eigenvalue weighted by molar-refractivity contribution is 6.08. The van der Waals surface area contributed by atoms with E-state index in [0.29, 0.717) is 13.0 Å². The summed E-state index contributed by atoms with van der Waals surface area (Å²) in [7, 11) is 0. The van der Waals surface area contributed by atoms with Gasteiger partial charge in [0.05, 0.1) is 5.41 Å². The van der Waals surface area contributed by atoms with Crippen LogP contribution in [0.1, 0.15) is 27.2 Å². The minimum Gasteiger partial charge on any atom is -0.481 e. The van der Waals surface area contributed by atoms with Gasteiger partial charge >= 0.3 is 12.0 Å². The maximum Gasteiger partial charge on any atom is 0.325 e. The van der Waals surface area contributed by atoms with Crippen LogP contribution < -0.4 is 5.32 Å². The van der Waals surface area contributed by atoms with E-state index in [0.717, 1.165) is 4.90 Å². The van der Waals surface area contributed by atoms with Crippen molar-refractivity contribution in [3.63, 3.8) is 0 Å². The van der Waals surface area contributed by atoms with Crippen molar-refractivity contribution in [3.05, 3.63) is 0 Å². The van der Waals surface area contributed by atoms with Gasteiger partial charge in [-0.2, -0.15) is 0 Å². The molecule has 2 heterocycles. The molecule has 2 rings (SSSR count). The molecule has 0 spiro atoms. The maximum absolute atomic E-state index is 12.2. The van der Waals surface area contributed by atoms with Crippen molar-refractivity contribution in [2.24, 2.45) is 5.41 Å². The fourth-order valence-electron chi connectivity index (χ4n) is 2.55. The Bertz CT molecular complexity index is 530. The first kappa shape index (κ1) is 15.3. The number of carbonyl (C=O) groups is 4. The van der Waals surface area contributed by atoms with Crippen LogP contribution >= 0.6 is 0 Å². The molecule has 2 saturated heterocycles. The second-order valence-electron chi connectivity index (χ2n) is 6.38. The minimum absolute atomic E-state index is 0.0915. The van der Waals surface area contributed by atoms with E-state index < -0.39 is 34.8 Å². The molecule has 1 unspecified atom stereocenters. The number of aliphatic carboxylic acids is 1. The summed E-state index contributed by atoms with van der Waals surface area (Å²) in [6.45, 7) is 4.76. The van der Waals surface area contributed by atoms with Gasteiger partial charge in [-0.3, -0.25) is 19.3 Å². The number of carbonyl (C=O) groups excluding carboxylic acids is 3. The number of carboxylic acid groups (broad SMARTS) is 1. The molecule has 2 N–H and O–H groups in total. The summed E-state index contributed by atoms with van der Waals surface area (Å²) in [5.41, 5.74) is -1.98. The quantitative estimate of drug-likeness (QED) is 0.692. The minimum atomic E-state index is -1.02. The van der Waals surface area contributed by atoms with Gasteiger partial charge in [-0.1, -0.05) is 0 Å². The number of likely N-dealkylation sites (tertiary alicyclic amines) is 1. The van der Waals surface area contributed by atoms with Gasteiger partial charge in [-0.15, -0.1) is 0 Å². The molecule has 4 amide bonds. The number of nitrogens with one attached hydrogen (secondary N) is 1. The molecule has 0 saturated carbocycles. The average molecular weight is 297 g/mol. The third kappa shape index (κ3) is 2.57. The summed E-state index contributed by atoms with van der Waals surface area (Å²) < 4.78 is 0. The lowest BCUT2D eigenvalue weighted by molar-refractivity contribution is -0.147. The molecule has 0 bridgehead atoms. The van der Waals surface area contributed by atoms with E-state index in [2.05, 4.69) is 5.32 Å². The van der Waals surface area contributed by atoms with Crippen LogP contribution in [0.25, 0.3) is 0 Å². The van der Waals surface area contributed by atoms with Crippen LogP contribution in [0.5, 0.6) is 0 Å². The fraction of sp³-hybridized carbons (Fsp3) is 0.692. The average Bonchev–Trinajstić information content (AvgIpc) is 2.85. The second-order valence-corrected chi connectivity index (χ2v) is 6.38. The molecule has 116 valence electrons. The molecule has 0 aromatic carbocycles. The Labute approximate surface area is 122 Å². The number of imide groups is 1. The van der Waals surface area contributed by atoms with Crippen LogP contribution in [0.4, 0.5) is 4.79 Å². The molecule has 0 aromatic rings. The first-order valence-corrected chi connectivity index (χ1v) is 6.72. The molecular formula is C13H19N3O5. The number of hydrogen-bond donors (Lipinski definition) is 2. The number of amides is 4. The van der Waals surface area contributed by atoms with Crippen molar-refractivity contribution in [2.45, 2.75) is 32.7 Å². The Kier molecular flexibility index (Phi) is 3.43. The largest absolute Gasteiger partial charge is 0.481 e. The van der Waals surface area contributed by atoms with Gasteiger partial charge in [0.2, 0.25) is 5.91 Å². The number of carboxylic acids is 1. The van der Waals surface area contributed by atoms with E-state index in [1.54, 1.807) is 20.8 Å². The lowest BCUT2D eigenvalue weighted by Gasteiger charge is -2.22. The molecule has 21 heavy (non-hydrogen) atoms. The van der Waals surface area contributed by atoms with Crippen LogP contribution in [0, 0.1) is 5.41 Å². The van der Waals surface area contributed by atoms with Crippen LogP contribution in [0.2, 0.25) is 0 Å². The molecule has 0 aromatic heterocycles. The van der Waals surface area contributed by atoms with Gasteiger partial charge in [-0.25, -0.2) is 4.79 Å². The summed E-state index contributed by atoms with van der Waals surface area (Å²) >= 11 is 0. The highest BCUT2D eigenvalue weighted by Gasteiger charge is 2.47. The molecule has 2 aliphatic rings. The topological polar surface area (TPSA) is 107 Å². The van der Waals surface area contributed by atoms with Crippen LogP contribution in [-0.2, 0) is 14.4 Å². The summed E-state index contributed by atoms with van der Waals surface area (Å²) in [5.74, 6) is -1.82. The number of hydrogen-bond acceptors (Lipinski definition) is 4. The lowest BCUT2D eigenvalue weighted by Crippen LogP contribution is -2.44. The maximum atomic E-state index is 12.2. The van der Waals surface area contributed by atoms with E-state index in [-0.39, 0.29) is 13.1 Å². The lowest BCUT2D eigenvalue weighted by atomic mass is 9.90. The van der Waals surface area contributed by atoms with E-state index in [1.807, 2.05) is 0 Å². The van der Waals surface area contributed by atoms with Crippen LogP contribution in [0.3, 0.4) is 0 Å². The molecule has 0 aliphatic carbocycles. The summed E-state index contributed by atoms with van der Waals surface area (Å²) in [4.78, 5) is 49.3. The van der Waals surface area contributed by atoms with Crippen LogP contribution in [0.15, 0.2) is 0 Å². The number of nitrogens with zero attached hydrogens (tertiary/aromatic N) is 2. The molecule has 8 nitrogen and oxygen atoms in total. The van der Waals surface area contributed by atoms with Gasteiger partial charge in [-0.05, 0) is 27.2 Å². The Morgan fingerprint density at radius 3 is 2.33 bits per heavy atom. The van der Waals surface area contributed by atoms with Gasteiger partial charge in [0, 0.05) is 13.1 Å². The molecule has 2 fully saturated rings. The van der Waals surface area contributed by atoms with Crippen molar-refractivity contribution < 1.29 is 24.3 Å². The monoisotopic (exact) mass is 297 g/mol. The smallest absolute Gasteiger partial charge is 0.325 e. The Hall–Kier alpha value is -2.12. The standard InChI is InChI=1S/C13H19N3O5/c1-12(2)9(18)16(11(21)14-12)6-8(17)15-5-4-13(3,7-15)10(19)20/h4-7H2,1-3H3,(H,14,21)(H,19,20). The SMILES string of the molecule is CC1(C(=O)O)CCN(C(=O)CN2C(=O)NC(C)(C)C2=O)C1. The van der Waals surface area contributed by atoms with E-state index >= 15 is 0 Å². The highest BCUT2D eigenvalue weighted by Crippen LogP contribution is 2.30. The van der Waals surface area contributed by atoms with Gasteiger partial charge in [0.15, 0.2) is 0 Å². The number of urea groups is 1. The summed E-state index contributed by atoms with van der Waals surface area (Å²) in [6.07, 6.45) is 0.361. The second kappa shape index (κ2) is 4.71. The first-order valence-electron chi connectivity index (χ1n) is 6.72. The zero-order valence-corrected chi connectivity index (χ0v) is 12.3. The number of rotatable bonds is 3. The van der Waals surface area contributed by atoms with Crippen molar-refractivity contribution in [1.82, 2.24) is 15.1 Å². The van der Waals surface area contributed by atoms with Crippen LogP contribution in [-0.4, -0.2) is 63.9 Å². The van der Waals surface area contributed by atoms with Crippen molar-refractivity contribution in [3.8, 4) is 0 Å². The predicted octanol–water partition coefficient (Wildman–Crippen LogP) is -0.360. The molecule has 0 radical (unpaired) electrons. The third-order valence-electron chi connectivity index (χ3n) is 4.08. The fourth-order valence-corrected chi connectivity index (χ4v) is 2.55. The van der Waals surface area contributed by atoms with Gasteiger partial charge in [0.25, 0.3) is 5.91 Å². The van der Waals surface area contributed by atoms with E-state index in [4.69, 9.17) is 5.11 Å². The van der Waals surface area contributed by atoms with Crippen molar-refractivity contribution in [1.29, 1.82) is 0 Å². The Morgan fingerprint density at radius 1 is 1.29 bits per heavy atom. The van der Waals surface area contributed by atoms with Crippen molar-refractivity contribution in [2.75, 3.05) is 19.6 Å². The third-order valence-corrected chi connectivity index (χ3v) is 4.08. The van der Waals surface area contributed by atoms with Crippen molar-refractivity contribution >= 4 is 23.8 Å². The molecule has 8 heteroatoms. The predicted molar refractivity (Wildman–Crippen MR) is 71.3 cm³/mol. The Balaban J connectivity index is 2.02. The highest BCUT2D eigenvalue weighted by atomic mass is 16.4. The zero-order valence-electron chi connectivity index (χ0n) is 12.3. The van der Waals surface area contributed by atoms with E-state index in [9.17, 15) is 19.2 Å². The summed E-state index contributed by atoms with van der Waals surface area (Å²) in [6, 6.07) is -0.599. The molecule has 2 aliphatic heterocycles. The zero-order chi connectivity index (χ0) is 16.0. The normalized spacial score (nSPS) is 28.0. The Morgan fingerprint density at radius 2 is 1.90 bits per heavy atom. The summed E-state index contributed by atoms with van der Waals surface area (Å²) in [5, 5.41) is 11.6. The van der Waals surface area contributed by atoms with Gasteiger partial charge < -0.3 is 15.3 Å².